The number of sulfonamides is 1. The largest absolute Gasteiger partial charge is 0.316 e. The Morgan fingerprint density at radius 3 is 2.43 bits per heavy atom. The molecule has 21 heavy (non-hydrogen) atoms. The summed E-state index contributed by atoms with van der Waals surface area (Å²) in [5.74, 6) is 0. The van der Waals surface area contributed by atoms with E-state index in [1.807, 2.05) is 19.2 Å². The van der Waals surface area contributed by atoms with Crippen molar-refractivity contribution in [3.05, 3.63) is 28.2 Å². The maximum Gasteiger partial charge on any atom is 0.241 e. The van der Waals surface area contributed by atoms with Gasteiger partial charge in [-0.1, -0.05) is 19.9 Å². The highest BCUT2D eigenvalue weighted by Crippen LogP contribution is 2.23. The smallest absolute Gasteiger partial charge is 0.241 e. The van der Waals surface area contributed by atoms with Crippen LogP contribution in [0.2, 0.25) is 0 Å². The van der Waals surface area contributed by atoms with Crippen LogP contribution in [0.4, 0.5) is 0 Å². The zero-order chi connectivity index (χ0) is 15.9. The summed E-state index contributed by atoms with van der Waals surface area (Å²) in [7, 11) is -1.62. The van der Waals surface area contributed by atoms with Crippen LogP contribution in [0.25, 0.3) is 0 Å². The minimum absolute atomic E-state index is 0.280. The van der Waals surface area contributed by atoms with E-state index in [2.05, 4.69) is 44.7 Å². The molecule has 0 atom stereocenters. The molecule has 0 aliphatic rings. The van der Waals surface area contributed by atoms with Gasteiger partial charge in [0.2, 0.25) is 10.0 Å². The standard InChI is InChI=1S/C14H24BrN3O2S/c1-4-18(5-2)9-8-17-21(19,20)14-7-6-12(11-16-3)10-13(14)15/h6-7,10,16-17H,4-5,8-9,11H2,1-3H3. The van der Waals surface area contributed by atoms with E-state index in [4.69, 9.17) is 0 Å². The Bertz CT molecular complexity index is 545. The summed E-state index contributed by atoms with van der Waals surface area (Å²) in [6.45, 7) is 7.79. The van der Waals surface area contributed by atoms with Crippen molar-refractivity contribution in [3.63, 3.8) is 0 Å². The van der Waals surface area contributed by atoms with Gasteiger partial charge in [0, 0.05) is 24.1 Å². The SMILES string of the molecule is CCN(CC)CCNS(=O)(=O)c1ccc(CNC)cc1Br. The predicted molar refractivity (Wildman–Crippen MR) is 89.9 cm³/mol. The van der Waals surface area contributed by atoms with Crippen molar-refractivity contribution in [1.82, 2.24) is 14.9 Å². The van der Waals surface area contributed by atoms with E-state index in [0.717, 1.165) is 18.7 Å². The molecule has 7 heteroatoms. The number of halogens is 1. The van der Waals surface area contributed by atoms with Crippen LogP contribution >= 0.6 is 15.9 Å². The van der Waals surface area contributed by atoms with Crippen LogP contribution in [0.15, 0.2) is 27.6 Å². The fourth-order valence-corrected chi connectivity index (χ4v) is 4.18. The summed E-state index contributed by atoms with van der Waals surface area (Å²) in [6.07, 6.45) is 0. The van der Waals surface area contributed by atoms with E-state index in [-0.39, 0.29) is 4.90 Å². The van der Waals surface area contributed by atoms with Gasteiger partial charge in [0.25, 0.3) is 0 Å². The van der Waals surface area contributed by atoms with Crippen molar-refractivity contribution in [3.8, 4) is 0 Å². The molecule has 0 aliphatic heterocycles. The third-order valence-corrected chi connectivity index (χ3v) is 5.72. The van der Waals surface area contributed by atoms with Crippen molar-refractivity contribution in [2.24, 2.45) is 0 Å². The van der Waals surface area contributed by atoms with Gasteiger partial charge in [0.05, 0.1) is 4.90 Å². The maximum atomic E-state index is 12.3. The summed E-state index contributed by atoms with van der Waals surface area (Å²) in [4.78, 5) is 2.45. The van der Waals surface area contributed by atoms with Crippen LogP contribution in [0.3, 0.4) is 0 Å². The second-order valence-corrected chi connectivity index (χ2v) is 7.31. The van der Waals surface area contributed by atoms with Gasteiger partial charge in [-0.25, -0.2) is 13.1 Å². The fraction of sp³-hybridized carbons (Fsp3) is 0.571. The molecule has 0 aromatic heterocycles. The van der Waals surface area contributed by atoms with Crippen LogP contribution in [0.5, 0.6) is 0 Å². The molecule has 0 saturated heterocycles. The van der Waals surface area contributed by atoms with Crippen LogP contribution in [-0.2, 0) is 16.6 Å². The normalized spacial score (nSPS) is 12.0. The highest BCUT2D eigenvalue weighted by molar-refractivity contribution is 9.10. The van der Waals surface area contributed by atoms with Gasteiger partial charge in [-0.05, 0) is 53.8 Å². The van der Waals surface area contributed by atoms with Gasteiger partial charge < -0.3 is 10.2 Å². The van der Waals surface area contributed by atoms with Crippen molar-refractivity contribution in [1.29, 1.82) is 0 Å². The van der Waals surface area contributed by atoms with Gasteiger partial charge in [-0.15, -0.1) is 0 Å². The van der Waals surface area contributed by atoms with Crippen molar-refractivity contribution in [2.45, 2.75) is 25.3 Å². The number of nitrogens with zero attached hydrogens (tertiary/aromatic N) is 1. The molecule has 0 bridgehead atoms. The summed E-state index contributed by atoms with van der Waals surface area (Å²) < 4.78 is 27.9. The highest BCUT2D eigenvalue weighted by Gasteiger charge is 2.17. The molecule has 0 aliphatic carbocycles. The first-order valence-corrected chi connectivity index (χ1v) is 9.37. The number of benzene rings is 1. The summed E-state index contributed by atoms with van der Waals surface area (Å²) in [5.41, 5.74) is 1.03. The first-order chi connectivity index (χ1) is 9.94. The predicted octanol–water partition coefficient (Wildman–Crippen LogP) is 1.79. The third kappa shape index (κ3) is 5.67. The van der Waals surface area contributed by atoms with Crippen molar-refractivity contribution < 1.29 is 8.42 Å². The number of rotatable bonds is 9. The first-order valence-electron chi connectivity index (χ1n) is 7.09. The molecule has 2 N–H and O–H groups in total. The average molecular weight is 378 g/mol. The third-order valence-electron chi connectivity index (χ3n) is 3.28. The number of nitrogens with one attached hydrogen (secondary N) is 2. The molecule has 0 amide bonds. The Morgan fingerprint density at radius 2 is 1.90 bits per heavy atom. The lowest BCUT2D eigenvalue weighted by atomic mass is 10.2. The Balaban J connectivity index is 2.74. The minimum atomic E-state index is -3.48. The molecule has 0 spiro atoms. The minimum Gasteiger partial charge on any atom is -0.316 e. The lowest BCUT2D eigenvalue weighted by Gasteiger charge is -2.18. The molecule has 0 saturated carbocycles. The van der Waals surface area contributed by atoms with E-state index in [0.29, 0.717) is 24.1 Å². The molecular formula is C14H24BrN3O2S. The zero-order valence-corrected chi connectivity index (χ0v) is 15.2. The van der Waals surface area contributed by atoms with Gasteiger partial charge in [0.15, 0.2) is 0 Å². The summed E-state index contributed by atoms with van der Waals surface area (Å²) in [6, 6.07) is 5.28. The van der Waals surface area contributed by atoms with E-state index >= 15 is 0 Å². The molecule has 120 valence electrons. The molecule has 0 radical (unpaired) electrons. The van der Waals surface area contributed by atoms with Crippen molar-refractivity contribution >= 4 is 26.0 Å². The van der Waals surface area contributed by atoms with Crippen LogP contribution in [0, 0.1) is 0 Å². The van der Waals surface area contributed by atoms with Gasteiger partial charge >= 0.3 is 0 Å². The second kappa shape index (κ2) is 8.85. The monoisotopic (exact) mass is 377 g/mol. The van der Waals surface area contributed by atoms with E-state index in [1.54, 1.807) is 6.07 Å². The van der Waals surface area contributed by atoms with Gasteiger partial charge in [-0.3, -0.25) is 0 Å². The number of hydrogen-bond acceptors (Lipinski definition) is 4. The lowest BCUT2D eigenvalue weighted by molar-refractivity contribution is 0.309. The maximum absolute atomic E-state index is 12.3. The Labute approximate surface area is 136 Å². The number of likely N-dealkylation sites (N-methyl/N-ethyl adjacent to an activating group) is 1. The molecule has 0 heterocycles. The van der Waals surface area contributed by atoms with Gasteiger partial charge in [0.1, 0.15) is 0 Å². The molecule has 1 aromatic carbocycles. The Hall–Kier alpha value is -0.470. The first kappa shape index (κ1) is 18.6. The number of hydrogen-bond donors (Lipinski definition) is 2. The van der Waals surface area contributed by atoms with E-state index in [1.165, 1.54) is 0 Å². The second-order valence-electron chi connectivity index (χ2n) is 4.72. The molecule has 5 nitrogen and oxygen atoms in total. The lowest BCUT2D eigenvalue weighted by Crippen LogP contribution is -2.34. The van der Waals surface area contributed by atoms with Gasteiger partial charge in [-0.2, -0.15) is 0 Å². The highest BCUT2D eigenvalue weighted by atomic mass is 79.9. The van der Waals surface area contributed by atoms with E-state index < -0.39 is 10.0 Å². The zero-order valence-electron chi connectivity index (χ0n) is 12.8. The summed E-state index contributed by atoms with van der Waals surface area (Å²) >= 11 is 3.34. The average Bonchev–Trinajstić information content (AvgIpc) is 2.44. The molecule has 0 unspecified atom stereocenters. The van der Waals surface area contributed by atoms with Crippen LogP contribution in [0.1, 0.15) is 19.4 Å². The van der Waals surface area contributed by atoms with Crippen molar-refractivity contribution in [2.75, 3.05) is 33.2 Å². The molecular weight excluding hydrogens is 354 g/mol. The van der Waals surface area contributed by atoms with Crippen LogP contribution < -0.4 is 10.0 Å². The molecule has 1 rings (SSSR count). The summed E-state index contributed by atoms with van der Waals surface area (Å²) in [5, 5.41) is 3.04. The fourth-order valence-electron chi connectivity index (χ4n) is 2.03. The topological polar surface area (TPSA) is 61.4 Å². The Kier molecular flexibility index (Phi) is 7.83. The quantitative estimate of drug-likeness (QED) is 0.688. The molecule has 1 aromatic rings. The molecule has 0 fully saturated rings. The van der Waals surface area contributed by atoms with Crippen LogP contribution in [-0.4, -0.2) is 46.5 Å². The van der Waals surface area contributed by atoms with E-state index in [9.17, 15) is 8.42 Å². The Morgan fingerprint density at radius 1 is 1.24 bits per heavy atom.